The lowest BCUT2D eigenvalue weighted by Gasteiger charge is -2.00. The van der Waals surface area contributed by atoms with Gasteiger partial charge in [-0.2, -0.15) is 5.10 Å². The van der Waals surface area contributed by atoms with E-state index in [-0.39, 0.29) is 10.7 Å². The molecule has 0 aliphatic carbocycles. The van der Waals surface area contributed by atoms with Gasteiger partial charge in [-0.15, -0.1) is 0 Å². The summed E-state index contributed by atoms with van der Waals surface area (Å²) in [6, 6.07) is 8.97. The molecule has 0 bridgehead atoms. The largest absolute Gasteiger partial charge is 0.455 e. The minimum absolute atomic E-state index is 0.109. The van der Waals surface area contributed by atoms with Crippen LogP contribution >= 0.6 is 27.5 Å². The monoisotopic (exact) mass is 448 g/mol. The van der Waals surface area contributed by atoms with Crippen LogP contribution in [0.1, 0.15) is 16.1 Å². The molecular weight excluding hydrogens is 440 g/mol. The third-order valence-electron chi connectivity index (χ3n) is 3.38. The van der Waals surface area contributed by atoms with Crippen LogP contribution in [0.5, 0.6) is 0 Å². The number of carbonyl (C=O) groups excluding carboxylic acids is 1. The zero-order valence-corrected chi connectivity index (χ0v) is 15.8. The van der Waals surface area contributed by atoms with Crippen molar-refractivity contribution in [3.05, 3.63) is 79.7 Å². The first-order chi connectivity index (χ1) is 12.9. The molecule has 8 nitrogen and oxygen atoms in total. The zero-order chi connectivity index (χ0) is 19.4. The molecule has 0 saturated heterocycles. The summed E-state index contributed by atoms with van der Waals surface area (Å²) < 4.78 is 6.26. The van der Waals surface area contributed by atoms with E-state index in [4.69, 9.17) is 16.0 Å². The van der Waals surface area contributed by atoms with E-state index in [1.807, 2.05) is 0 Å². The number of benzene rings is 1. The van der Waals surface area contributed by atoms with Gasteiger partial charge in [0.05, 0.1) is 21.7 Å². The number of nitro benzene ring substituents is 1. The average molecular weight is 450 g/mol. The van der Waals surface area contributed by atoms with Crippen molar-refractivity contribution in [3.8, 4) is 11.3 Å². The average Bonchev–Trinajstić information content (AvgIpc) is 3.10. The van der Waals surface area contributed by atoms with E-state index in [0.29, 0.717) is 27.1 Å². The van der Waals surface area contributed by atoms with Crippen LogP contribution in [0.15, 0.2) is 62.8 Å². The second-order valence-corrected chi connectivity index (χ2v) is 6.54. The third kappa shape index (κ3) is 4.57. The van der Waals surface area contributed by atoms with Crippen LogP contribution < -0.4 is 5.43 Å². The molecule has 3 rings (SSSR count). The number of hydrazone groups is 1. The Bertz CT molecular complexity index is 1050. The number of furan rings is 1. The SMILES string of the molecule is O=C(N/N=C/c1ccc(-c2ccc([N+](=O)[O-])cc2Cl)o1)c1cncc(Br)c1. The molecule has 1 N–H and O–H groups in total. The summed E-state index contributed by atoms with van der Waals surface area (Å²) >= 11 is 9.31. The summed E-state index contributed by atoms with van der Waals surface area (Å²) in [5, 5.41) is 14.8. The van der Waals surface area contributed by atoms with Gasteiger partial charge in [-0.1, -0.05) is 11.6 Å². The number of nitrogens with one attached hydrogen (secondary N) is 1. The fourth-order valence-corrected chi connectivity index (χ4v) is 2.77. The van der Waals surface area contributed by atoms with Crippen LogP contribution in [0.3, 0.4) is 0 Å². The molecule has 1 aromatic carbocycles. The van der Waals surface area contributed by atoms with Crippen LogP contribution in [0.2, 0.25) is 5.02 Å². The molecule has 27 heavy (non-hydrogen) atoms. The Morgan fingerprint density at radius 3 is 2.81 bits per heavy atom. The second kappa shape index (κ2) is 8.11. The number of non-ortho nitro benzene ring substituents is 1. The van der Waals surface area contributed by atoms with Gasteiger partial charge in [-0.3, -0.25) is 19.9 Å². The van der Waals surface area contributed by atoms with Crippen molar-refractivity contribution < 1.29 is 14.1 Å². The van der Waals surface area contributed by atoms with E-state index >= 15 is 0 Å². The normalized spacial score (nSPS) is 10.9. The zero-order valence-electron chi connectivity index (χ0n) is 13.4. The first-order valence-electron chi connectivity index (χ1n) is 7.42. The van der Waals surface area contributed by atoms with Gasteiger partial charge in [-0.25, -0.2) is 5.43 Å². The number of nitro groups is 1. The molecule has 0 fully saturated rings. The van der Waals surface area contributed by atoms with Crippen LogP contribution in [0.25, 0.3) is 11.3 Å². The van der Waals surface area contributed by atoms with Crippen LogP contribution in [0, 0.1) is 10.1 Å². The smallest absolute Gasteiger partial charge is 0.272 e. The maximum atomic E-state index is 12.0. The predicted molar refractivity (Wildman–Crippen MR) is 103 cm³/mol. The highest BCUT2D eigenvalue weighted by atomic mass is 79.9. The van der Waals surface area contributed by atoms with Crippen molar-refractivity contribution in [2.45, 2.75) is 0 Å². The number of amides is 1. The molecule has 2 aromatic heterocycles. The van der Waals surface area contributed by atoms with Crippen molar-refractivity contribution in [1.29, 1.82) is 0 Å². The Kier molecular flexibility index (Phi) is 5.63. The Hall–Kier alpha value is -3.04. The molecule has 0 spiro atoms. The maximum absolute atomic E-state index is 12.0. The number of hydrogen-bond donors (Lipinski definition) is 1. The predicted octanol–water partition coefficient (Wildman–Crippen LogP) is 4.43. The number of carbonyl (C=O) groups is 1. The maximum Gasteiger partial charge on any atom is 0.272 e. The minimum Gasteiger partial charge on any atom is -0.455 e. The molecule has 0 radical (unpaired) electrons. The van der Waals surface area contributed by atoms with E-state index in [0.717, 1.165) is 0 Å². The molecule has 0 atom stereocenters. The number of halogens is 2. The Balaban J connectivity index is 1.70. The van der Waals surface area contributed by atoms with Crippen molar-refractivity contribution in [1.82, 2.24) is 10.4 Å². The highest BCUT2D eigenvalue weighted by Gasteiger charge is 2.13. The van der Waals surface area contributed by atoms with E-state index in [1.165, 1.54) is 30.6 Å². The number of nitrogens with zero attached hydrogens (tertiary/aromatic N) is 3. The molecule has 0 unspecified atom stereocenters. The Morgan fingerprint density at radius 2 is 2.11 bits per heavy atom. The fourth-order valence-electron chi connectivity index (χ4n) is 2.14. The standard InChI is InChI=1S/C17H10BrClN4O4/c18-11-5-10(7-20-8-11)17(24)22-21-9-13-2-4-16(27-13)14-3-1-12(23(25)26)6-15(14)19/h1-9H,(H,22,24)/b21-9+. The molecule has 0 aliphatic heterocycles. The Labute approximate surface area is 166 Å². The van der Waals surface area contributed by atoms with Gasteiger partial charge in [0.2, 0.25) is 0 Å². The summed E-state index contributed by atoms with van der Waals surface area (Å²) in [7, 11) is 0. The van der Waals surface area contributed by atoms with Gasteiger partial charge in [0.15, 0.2) is 0 Å². The van der Waals surface area contributed by atoms with Crippen LogP contribution in [-0.2, 0) is 0 Å². The van der Waals surface area contributed by atoms with Crippen molar-refractivity contribution in [3.63, 3.8) is 0 Å². The summed E-state index contributed by atoms with van der Waals surface area (Å²) in [4.78, 5) is 26.1. The molecule has 10 heteroatoms. The number of hydrogen-bond acceptors (Lipinski definition) is 6. The molecule has 0 aliphatic rings. The second-order valence-electron chi connectivity index (χ2n) is 5.21. The highest BCUT2D eigenvalue weighted by molar-refractivity contribution is 9.10. The van der Waals surface area contributed by atoms with Crippen LogP contribution in [-0.4, -0.2) is 22.0 Å². The minimum atomic E-state index is -0.528. The molecule has 3 aromatic rings. The topological polar surface area (TPSA) is 111 Å². The number of aromatic nitrogens is 1. The van der Waals surface area contributed by atoms with Gasteiger partial charge in [-0.05, 0) is 40.2 Å². The van der Waals surface area contributed by atoms with Gasteiger partial charge in [0.25, 0.3) is 11.6 Å². The summed E-state index contributed by atoms with van der Waals surface area (Å²) in [5.74, 6) is 0.358. The number of rotatable bonds is 5. The first-order valence-corrected chi connectivity index (χ1v) is 8.59. The van der Waals surface area contributed by atoms with Crippen molar-refractivity contribution in [2.24, 2.45) is 5.10 Å². The fraction of sp³-hybridized carbons (Fsp3) is 0. The molecule has 136 valence electrons. The third-order valence-corrected chi connectivity index (χ3v) is 4.13. The summed E-state index contributed by atoms with van der Waals surface area (Å²) in [6.07, 6.45) is 4.30. The molecule has 0 saturated carbocycles. The number of pyridine rings is 1. The van der Waals surface area contributed by atoms with E-state index < -0.39 is 10.8 Å². The highest BCUT2D eigenvalue weighted by Crippen LogP contribution is 2.32. The lowest BCUT2D eigenvalue weighted by Crippen LogP contribution is -2.17. The van der Waals surface area contributed by atoms with Crippen LogP contribution in [0.4, 0.5) is 5.69 Å². The van der Waals surface area contributed by atoms with Gasteiger partial charge >= 0.3 is 0 Å². The molecular formula is C17H10BrClN4O4. The quantitative estimate of drug-likeness (QED) is 0.352. The van der Waals surface area contributed by atoms with Crippen molar-refractivity contribution >= 4 is 45.3 Å². The van der Waals surface area contributed by atoms with Gasteiger partial charge in [0, 0.05) is 34.6 Å². The molecule has 2 heterocycles. The van der Waals surface area contributed by atoms with Crippen molar-refractivity contribution in [2.75, 3.05) is 0 Å². The molecule has 1 amide bonds. The van der Waals surface area contributed by atoms with Gasteiger partial charge in [0.1, 0.15) is 11.5 Å². The first kappa shape index (κ1) is 18.7. The van der Waals surface area contributed by atoms with Gasteiger partial charge < -0.3 is 4.42 Å². The Morgan fingerprint density at radius 1 is 1.30 bits per heavy atom. The lowest BCUT2D eigenvalue weighted by molar-refractivity contribution is -0.384. The summed E-state index contributed by atoms with van der Waals surface area (Å²) in [5.41, 5.74) is 3.11. The van der Waals surface area contributed by atoms with E-state index in [1.54, 1.807) is 24.4 Å². The summed E-state index contributed by atoms with van der Waals surface area (Å²) in [6.45, 7) is 0. The van der Waals surface area contributed by atoms with E-state index in [9.17, 15) is 14.9 Å². The van der Waals surface area contributed by atoms with E-state index in [2.05, 4.69) is 31.4 Å². The lowest BCUT2D eigenvalue weighted by atomic mass is 10.1.